The van der Waals surface area contributed by atoms with Gasteiger partial charge in [0, 0.05) is 25.6 Å². The minimum atomic E-state index is -0.0906. The third-order valence-electron chi connectivity index (χ3n) is 13.6. The highest BCUT2D eigenvalue weighted by atomic mass is 32.1. The number of hydrogen-bond acceptors (Lipinski definition) is 1. The molecule has 1 aromatic heterocycles. The lowest BCUT2D eigenvalue weighted by molar-refractivity contribution is 0.667. The predicted octanol–water partition coefficient (Wildman–Crippen LogP) is 17.1. The van der Waals surface area contributed by atoms with Gasteiger partial charge in [0.25, 0.3) is 0 Å². The van der Waals surface area contributed by atoms with Gasteiger partial charge in [-0.25, -0.2) is 0 Å². The summed E-state index contributed by atoms with van der Waals surface area (Å²) in [6.45, 7) is 4.82. The zero-order chi connectivity index (χ0) is 39.7. The van der Waals surface area contributed by atoms with E-state index in [4.69, 9.17) is 0 Å². The van der Waals surface area contributed by atoms with Gasteiger partial charge in [0.2, 0.25) is 0 Å². The van der Waals surface area contributed by atoms with Crippen LogP contribution in [0.4, 0.5) is 0 Å². The van der Waals surface area contributed by atoms with E-state index >= 15 is 0 Å². The van der Waals surface area contributed by atoms with Gasteiger partial charge >= 0.3 is 0 Å². The molecule has 12 aromatic rings. The number of hydrogen-bond donors (Lipinski definition) is 0. The molecule has 0 unspecified atom stereocenters. The molecule has 0 fully saturated rings. The summed E-state index contributed by atoms with van der Waals surface area (Å²) in [5.41, 5.74) is 13.2. The Hall–Kier alpha value is -7.06. The fourth-order valence-electron chi connectivity index (χ4n) is 11.1. The smallest absolute Gasteiger partial charge is 0.0368 e. The second-order valence-electron chi connectivity index (χ2n) is 17.1. The van der Waals surface area contributed by atoms with Gasteiger partial charge in [0.1, 0.15) is 0 Å². The maximum absolute atomic E-state index is 2.50. The lowest BCUT2D eigenvalue weighted by Crippen LogP contribution is -2.15. The van der Waals surface area contributed by atoms with Crippen molar-refractivity contribution in [2.75, 3.05) is 0 Å². The Bertz CT molecular complexity index is 3740. The summed E-state index contributed by atoms with van der Waals surface area (Å²) in [5, 5.41) is 15.6. The SMILES string of the molecule is CC1(C)c2ccccc2-c2ccc3sc4cc(-c5ccc(-c6c7ccccc7c(-c7cccc8ccccc78)c7ccccc67)c6ccccc56)c5ccccc5c4c3c21. The minimum absolute atomic E-state index is 0.0906. The average molecular weight is 779 g/mol. The van der Waals surface area contributed by atoms with Gasteiger partial charge in [-0.1, -0.05) is 196 Å². The van der Waals surface area contributed by atoms with Gasteiger partial charge in [0.15, 0.2) is 0 Å². The van der Waals surface area contributed by atoms with Crippen molar-refractivity contribution in [3.8, 4) is 44.5 Å². The maximum Gasteiger partial charge on any atom is 0.0368 e. The highest BCUT2D eigenvalue weighted by Crippen LogP contribution is 2.56. The van der Waals surface area contributed by atoms with E-state index < -0.39 is 0 Å². The van der Waals surface area contributed by atoms with Crippen molar-refractivity contribution >= 4 is 85.4 Å². The molecule has 0 radical (unpaired) electrons. The maximum atomic E-state index is 2.50. The van der Waals surface area contributed by atoms with E-state index in [9.17, 15) is 0 Å². The second-order valence-corrected chi connectivity index (χ2v) is 18.1. The first-order valence-electron chi connectivity index (χ1n) is 21.0. The van der Waals surface area contributed by atoms with Crippen molar-refractivity contribution < 1.29 is 0 Å². The van der Waals surface area contributed by atoms with Crippen LogP contribution in [0.5, 0.6) is 0 Å². The molecule has 1 aliphatic carbocycles. The zero-order valence-electron chi connectivity index (χ0n) is 33.4. The summed E-state index contributed by atoms with van der Waals surface area (Å²) in [5.74, 6) is 0. The molecule has 1 heterocycles. The molecule has 13 rings (SSSR count). The third kappa shape index (κ3) is 4.56. The Kier molecular flexibility index (Phi) is 7.04. The van der Waals surface area contributed by atoms with Gasteiger partial charge in [0.05, 0.1) is 0 Å². The number of fused-ring (bicyclic) bond motifs is 13. The normalized spacial score (nSPS) is 13.3. The van der Waals surface area contributed by atoms with Crippen LogP contribution in [0, 0.1) is 0 Å². The highest BCUT2D eigenvalue weighted by molar-refractivity contribution is 7.26. The van der Waals surface area contributed by atoms with Crippen molar-refractivity contribution in [2.45, 2.75) is 19.3 Å². The van der Waals surface area contributed by atoms with E-state index in [0.717, 1.165) is 0 Å². The molecule has 0 saturated heterocycles. The van der Waals surface area contributed by atoms with Crippen molar-refractivity contribution in [1.82, 2.24) is 0 Å². The molecule has 0 aliphatic heterocycles. The Morgan fingerprint density at radius 2 is 0.783 bits per heavy atom. The molecule has 280 valence electrons. The molecule has 0 nitrogen and oxygen atoms in total. The number of thiophene rings is 1. The van der Waals surface area contributed by atoms with Crippen molar-refractivity contribution in [1.29, 1.82) is 0 Å². The first-order chi connectivity index (χ1) is 29.6. The standard InChI is InChI=1S/C59H38S/c1-59(2)51-29-14-13-22-41(51)49-32-33-52-57(58(49)59)56-43-23-8-7-21-39(43)50(34-53(56)60-52)40-30-31-48(38-20-6-5-19-37(38)40)55-46-26-11-9-24-44(46)54(45-25-10-12-27-47(45)55)42-28-15-17-35-16-3-4-18-36(35)42/h3-34H,1-2H3. The van der Waals surface area contributed by atoms with Gasteiger partial charge in [-0.05, 0) is 122 Å². The zero-order valence-corrected chi connectivity index (χ0v) is 34.2. The Morgan fingerprint density at radius 1 is 0.317 bits per heavy atom. The number of rotatable bonds is 3. The Balaban J connectivity index is 1.08. The van der Waals surface area contributed by atoms with E-state index in [1.165, 1.54) is 130 Å². The fraction of sp³-hybridized carbons (Fsp3) is 0.0508. The summed E-state index contributed by atoms with van der Waals surface area (Å²) in [7, 11) is 0. The molecule has 1 heteroatoms. The molecular formula is C59H38S. The molecule has 1 aliphatic rings. The lowest BCUT2D eigenvalue weighted by atomic mass is 9.80. The van der Waals surface area contributed by atoms with E-state index in [-0.39, 0.29) is 5.41 Å². The van der Waals surface area contributed by atoms with Gasteiger partial charge in [-0.2, -0.15) is 0 Å². The first-order valence-corrected chi connectivity index (χ1v) is 21.8. The van der Waals surface area contributed by atoms with Crippen LogP contribution in [-0.2, 0) is 5.41 Å². The van der Waals surface area contributed by atoms with Gasteiger partial charge in [-0.15, -0.1) is 11.3 Å². The molecule has 0 atom stereocenters. The summed E-state index contributed by atoms with van der Waals surface area (Å²) >= 11 is 1.94. The van der Waals surface area contributed by atoms with Gasteiger partial charge in [-0.3, -0.25) is 0 Å². The molecule has 0 bridgehead atoms. The third-order valence-corrected chi connectivity index (χ3v) is 14.7. The van der Waals surface area contributed by atoms with Gasteiger partial charge < -0.3 is 0 Å². The summed E-state index contributed by atoms with van der Waals surface area (Å²) in [4.78, 5) is 0. The molecular weight excluding hydrogens is 741 g/mol. The lowest BCUT2D eigenvalue weighted by Gasteiger charge is -2.23. The number of benzene rings is 11. The predicted molar refractivity (Wildman–Crippen MR) is 261 cm³/mol. The van der Waals surface area contributed by atoms with Crippen molar-refractivity contribution in [2.24, 2.45) is 0 Å². The van der Waals surface area contributed by atoms with E-state index in [0.29, 0.717) is 0 Å². The summed E-state index contributed by atoms with van der Waals surface area (Å²) in [6, 6.07) is 72.8. The first kappa shape index (κ1) is 33.9. The van der Waals surface area contributed by atoms with Crippen LogP contribution in [0.2, 0.25) is 0 Å². The fourth-order valence-corrected chi connectivity index (χ4v) is 12.3. The van der Waals surface area contributed by atoms with E-state index in [1.807, 2.05) is 11.3 Å². The monoisotopic (exact) mass is 778 g/mol. The molecule has 11 aromatic carbocycles. The van der Waals surface area contributed by atoms with Crippen LogP contribution in [0.1, 0.15) is 25.0 Å². The molecule has 60 heavy (non-hydrogen) atoms. The second kappa shape index (κ2) is 12.5. The Morgan fingerprint density at radius 3 is 1.47 bits per heavy atom. The van der Waals surface area contributed by atoms with Crippen LogP contribution >= 0.6 is 11.3 Å². The van der Waals surface area contributed by atoms with Crippen LogP contribution in [0.15, 0.2) is 194 Å². The van der Waals surface area contributed by atoms with E-state index in [1.54, 1.807) is 0 Å². The van der Waals surface area contributed by atoms with Crippen molar-refractivity contribution in [3.63, 3.8) is 0 Å². The van der Waals surface area contributed by atoms with E-state index in [2.05, 4.69) is 208 Å². The molecule has 0 spiro atoms. The molecule has 0 amide bonds. The van der Waals surface area contributed by atoms with Crippen LogP contribution in [0.3, 0.4) is 0 Å². The summed E-state index contributed by atoms with van der Waals surface area (Å²) in [6.07, 6.45) is 0. The largest absolute Gasteiger partial charge is 0.135 e. The van der Waals surface area contributed by atoms with Crippen LogP contribution in [-0.4, -0.2) is 0 Å². The quantitative estimate of drug-likeness (QED) is 0.157. The van der Waals surface area contributed by atoms with Crippen molar-refractivity contribution in [3.05, 3.63) is 205 Å². The topological polar surface area (TPSA) is 0 Å². The van der Waals surface area contributed by atoms with Crippen LogP contribution in [0.25, 0.3) is 119 Å². The molecule has 0 N–H and O–H groups in total. The minimum Gasteiger partial charge on any atom is -0.135 e. The summed E-state index contributed by atoms with van der Waals surface area (Å²) < 4.78 is 2.70. The average Bonchev–Trinajstić information content (AvgIpc) is 3.79. The Labute approximate surface area is 352 Å². The van der Waals surface area contributed by atoms with Crippen LogP contribution < -0.4 is 0 Å². The highest BCUT2D eigenvalue weighted by Gasteiger charge is 2.37. The molecule has 0 saturated carbocycles.